The predicted molar refractivity (Wildman–Crippen MR) is 85.0 cm³/mol. The van der Waals surface area contributed by atoms with Crippen LogP contribution in [0, 0.1) is 0 Å². The van der Waals surface area contributed by atoms with Crippen LogP contribution in [-0.4, -0.2) is 57.8 Å². The van der Waals surface area contributed by atoms with E-state index in [1.54, 1.807) is 0 Å². The predicted octanol–water partition coefficient (Wildman–Crippen LogP) is 1.37. The van der Waals surface area contributed by atoms with Gasteiger partial charge in [-0.15, -0.1) is 0 Å². The number of nitrogens with two attached hydrogens (primary N) is 1. The van der Waals surface area contributed by atoms with Crippen molar-refractivity contribution in [1.29, 1.82) is 0 Å². The molecule has 5 heteroatoms. The first-order valence-electron chi connectivity index (χ1n) is 8.30. The summed E-state index contributed by atoms with van der Waals surface area (Å²) in [4.78, 5) is 5.21. The molecule has 0 aliphatic carbocycles. The second kappa shape index (κ2) is 6.07. The molecule has 118 valence electrons. The van der Waals surface area contributed by atoms with Crippen LogP contribution in [0.15, 0.2) is 12.4 Å². The Hall–Kier alpha value is -0.910. The Morgan fingerprint density at radius 2 is 2.05 bits per heavy atom. The fraction of sp³-hybridized carbons (Fsp3) is 0.812. The van der Waals surface area contributed by atoms with E-state index in [2.05, 4.69) is 35.1 Å². The lowest BCUT2D eigenvalue weighted by Crippen LogP contribution is -2.44. The van der Waals surface area contributed by atoms with E-state index in [-0.39, 0.29) is 6.04 Å². The lowest BCUT2D eigenvalue weighted by Gasteiger charge is -2.36. The van der Waals surface area contributed by atoms with Gasteiger partial charge < -0.3 is 5.73 Å². The number of hydrogen-bond acceptors (Lipinski definition) is 4. The second-order valence-corrected chi connectivity index (χ2v) is 6.80. The molecule has 5 nitrogen and oxygen atoms in total. The lowest BCUT2D eigenvalue weighted by molar-refractivity contribution is 0.150. The molecule has 0 saturated carbocycles. The summed E-state index contributed by atoms with van der Waals surface area (Å²) in [6.07, 6.45) is 9.09. The first-order valence-corrected chi connectivity index (χ1v) is 8.30. The zero-order valence-corrected chi connectivity index (χ0v) is 13.6. The molecule has 4 unspecified atom stereocenters. The van der Waals surface area contributed by atoms with Crippen molar-refractivity contribution >= 4 is 0 Å². The van der Waals surface area contributed by atoms with E-state index in [0.717, 1.165) is 25.6 Å². The first kappa shape index (κ1) is 15.0. The molecule has 1 aromatic heterocycles. The molecule has 0 aromatic carbocycles. The molecule has 4 atom stereocenters. The van der Waals surface area contributed by atoms with Crippen LogP contribution in [0.4, 0.5) is 0 Å². The van der Waals surface area contributed by atoms with Crippen molar-refractivity contribution in [2.45, 2.75) is 56.8 Å². The van der Waals surface area contributed by atoms with Crippen LogP contribution < -0.4 is 5.73 Å². The maximum absolute atomic E-state index is 6.48. The average Bonchev–Trinajstić information content (AvgIpc) is 2.97. The van der Waals surface area contributed by atoms with Gasteiger partial charge in [-0.25, -0.2) is 0 Å². The molecule has 2 saturated heterocycles. The van der Waals surface area contributed by atoms with Gasteiger partial charge in [0.1, 0.15) is 0 Å². The van der Waals surface area contributed by atoms with Crippen LogP contribution >= 0.6 is 0 Å². The van der Waals surface area contributed by atoms with Crippen molar-refractivity contribution < 1.29 is 0 Å². The van der Waals surface area contributed by atoms with Crippen LogP contribution in [-0.2, 0) is 7.05 Å². The van der Waals surface area contributed by atoms with Crippen molar-refractivity contribution in [3.63, 3.8) is 0 Å². The molecule has 2 aliphatic rings. The molecule has 0 radical (unpaired) electrons. The minimum atomic E-state index is 0.177. The molecule has 21 heavy (non-hydrogen) atoms. The van der Waals surface area contributed by atoms with Gasteiger partial charge in [-0.2, -0.15) is 5.10 Å². The molecular formula is C16H29N5. The van der Waals surface area contributed by atoms with Crippen LogP contribution in [0.3, 0.4) is 0 Å². The van der Waals surface area contributed by atoms with E-state index in [1.807, 2.05) is 17.9 Å². The number of fused-ring (bicyclic) bond motifs is 2. The number of nitrogens with zero attached hydrogens (tertiary/aromatic N) is 4. The van der Waals surface area contributed by atoms with E-state index in [9.17, 15) is 0 Å². The van der Waals surface area contributed by atoms with Gasteiger partial charge in [-0.3, -0.25) is 14.5 Å². The molecular weight excluding hydrogens is 262 g/mol. The summed E-state index contributed by atoms with van der Waals surface area (Å²) in [7, 11) is 4.28. The van der Waals surface area contributed by atoms with Crippen molar-refractivity contribution in [3.8, 4) is 0 Å². The number of likely N-dealkylation sites (tertiary alicyclic amines) is 1. The SMILES string of the molecule is CCC(N)C(c1cnn(C)c1)N1CCC2CCC(C1)N2C. The Kier molecular flexibility index (Phi) is 4.33. The van der Waals surface area contributed by atoms with Gasteiger partial charge in [0.05, 0.1) is 12.2 Å². The Balaban J connectivity index is 1.83. The number of likely N-dealkylation sites (N-methyl/N-ethyl adjacent to an activating group) is 1. The summed E-state index contributed by atoms with van der Waals surface area (Å²) in [6, 6.07) is 1.95. The third-order valence-electron chi connectivity index (χ3n) is 5.52. The highest BCUT2D eigenvalue weighted by molar-refractivity contribution is 5.14. The molecule has 3 rings (SSSR count). The van der Waals surface area contributed by atoms with Gasteiger partial charge in [0, 0.05) is 50.0 Å². The number of aromatic nitrogens is 2. The largest absolute Gasteiger partial charge is 0.326 e. The van der Waals surface area contributed by atoms with Gasteiger partial charge in [-0.05, 0) is 32.7 Å². The standard InChI is InChI=1S/C16H29N5/c1-4-15(17)16(12-9-18-19(2)10-12)21-8-7-13-5-6-14(11-21)20(13)3/h9-10,13-16H,4-8,11,17H2,1-3H3. The Morgan fingerprint density at radius 1 is 1.29 bits per heavy atom. The third kappa shape index (κ3) is 2.87. The van der Waals surface area contributed by atoms with Crippen molar-refractivity contribution in [1.82, 2.24) is 19.6 Å². The lowest BCUT2D eigenvalue weighted by atomic mass is 9.97. The maximum atomic E-state index is 6.48. The van der Waals surface area contributed by atoms with E-state index in [1.165, 1.54) is 24.8 Å². The highest BCUT2D eigenvalue weighted by Crippen LogP contribution is 2.33. The molecule has 3 heterocycles. The molecule has 2 bridgehead atoms. The van der Waals surface area contributed by atoms with E-state index in [0.29, 0.717) is 12.1 Å². The number of hydrogen-bond donors (Lipinski definition) is 1. The minimum absolute atomic E-state index is 0.177. The molecule has 2 fully saturated rings. The third-order valence-corrected chi connectivity index (χ3v) is 5.52. The summed E-state index contributed by atoms with van der Waals surface area (Å²) in [6.45, 7) is 4.48. The number of aryl methyl sites for hydroxylation is 1. The quantitative estimate of drug-likeness (QED) is 0.910. The molecule has 0 amide bonds. The fourth-order valence-electron chi connectivity index (χ4n) is 4.13. The van der Waals surface area contributed by atoms with Crippen LogP contribution in [0.2, 0.25) is 0 Å². The summed E-state index contributed by atoms with van der Waals surface area (Å²) >= 11 is 0. The maximum Gasteiger partial charge on any atom is 0.0538 e. The van der Waals surface area contributed by atoms with Crippen LogP contribution in [0.5, 0.6) is 0 Å². The van der Waals surface area contributed by atoms with Crippen molar-refractivity contribution in [2.24, 2.45) is 12.8 Å². The van der Waals surface area contributed by atoms with Crippen molar-refractivity contribution in [2.75, 3.05) is 20.1 Å². The summed E-state index contributed by atoms with van der Waals surface area (Å²) in [5.41, 5.74) is 7.75. The molecule has 0 spiro atoms. The minimum Gasteiger partial charge on any atom is -0.326 e. The van der Waals surface area contributed by atoms with E-state index in [4.69, 9.17) is 5.73 Å². The van der Waals surface area contributed by atoms with Crippen LogP contribution in [0.25, 0.3) is 0 Å². The fourth-order valence-corrected chi connectivity index (χ4v) is 4.13. The van der Waals surface area contributed by atoms with Crippen LogP contribution in [0.1, 0.15) is 44.2 Å². The summed E-state index contributed by atoms with van der Waals surface area (Å²) in [5.74, 6) is 0. The molecule has 2 N–H and O–H groups in total. The van der Waals surface area contributed by atoms with Gasteiger partial charge in [0.15, 0.2) is 0 Å². The van der Waals surface area contributed by atoms with E-state index < -0.39 is 0 Å². The zero-order valence-electron chi connectivity index (χ0n) is 13.6. The Bertz CT molecular complexity index is 471. The highest BCUT2D eigenvalue weighted by atomic mass is 15.3. The highest BCUT2D eigenvalue weighted by Gasteiger charge is 2.38. The molecule has 1 aromatic rings. The smallest absolute Gasteiger partial charge is 0.0538 e. The average molecular weight is 291 g/mol. The van der Waals surface area contributed by atoms with Gasteiger partial charge >= 0.3 is 0 Å². The summed E-state index contributed by atoms with van der Waals surface area (Å²) < 4.78 is 1.89. The monoisotopic (exact) mass is 291 g/mol. The summed E-state index contributed by atoms with van der Waals surface area (Å²) in [5, 5.41) is 4.36. The van der Waals surface area contributed by atoms with E-state index >= 15 is 0 Å². The normalized spacial score (nSPS) is 30.3. The Morgan fingerprint density at radius 3 is 2.71 bits per heavy atom. The zero-order chi connectivity index (χ0) is 15.0. The van der Waals surface area contributed by atoms with Gasteiger partial charge in [0.2, 0.25) is 0 Å². The van der Waals surface area contributed by atoms with Gasteiger partial charge in [-0.1, -0.05) is 6.92 Å². The molecule has 2 aliphatic heterocycles. The topological polar surface area (TPSA) is 50.3 Å². The Labute approximate surface area is 128 Å². The van der Waals surface area contributed by atoms with Crippen molar-refractivity contribution in [3.05, 3.63) is 18.0 Å². The van der Waals surface area contributed by atoms with Gasteiger partial charge in [0.25, 0.3) is 0 Å². The second-order valence-electron chi connectivity index (χ2n) is 6.80. The number of rotatable bonds is 4. The first-order chi connectivity index (χ1) is 10.1.